The molecule has 0 saturated carbocycles. The van der Waals surface area contributed by atoms with Crippen molar-refractivity contribution < 1.29 is 4.79 Å². The van der Waals surface area contributed by atoms with E-state index in [0.717, 1.165) is 17.8 Å². The number of aromatic amines is 1. The predicted octanol–water partition coefficient (Wildman–Crippen LogP) is 6.25. The minimum atomic E-state index is -0.0169. The minimum absolute atomic E-state index is 0.0136. The molecule has 3 aromatic rings. The largest absolute Gasteiger partial charge is 0.355 e. The summed E-state index contributed by atoms with van der Waals surface area (Å²) in [7, 11) is 0. The number of hydrogen-bond acceptors (Lipinski definition) is 2. The number of rotatable bonds is 6. The number of aryl methyl sites for hydroxylation is 1. The third-order valence-electron chi connectivity index (χ3n) is 5.96. The van der Waals surface area contributed by atoms with Crippen LogP contribution in [0.4, 0.5) is 0 Å². The normalized spacial score (nSPS) is 14.5. The summed E-state index contributed by atoms with van der Waals surface area (Å²) in [5.74, 6) is -0.00331. The highest BCUT2D eigenvalue weighted by Crippen LogP contribution is 2.31. The van der Waals surface area contributed by atoms with Gasteiger partial charge in [-0.05, 0) is 46.7 Å². The highest BCUT2D eigenvalue weighted by atomic mass is 16.1. The number of carbonyl (C=O) groups excluding carboxylic acids is 1. The van der Waals surface area contributed by atoms with Crippen LogP contribution in [0.2, 0.25) is 0 Å². The van der Waals surface area contributed by atoms with E-state index in [1.54, 1.807) is 0 Å². The Bertz CT molecular complexity index is 1120. The van der Waals surface area contributed by atoms with Crippen molar-refractivity contribution in [1.29, 1.82) is 0 Å². The number of ketones is 1. The van der Waals surface area contributed by atoms with Crippen LogP contribution in [-0.2, 0) is 11.8 Å². The lowest BCUT2D eigenvalue weighted by molar-refractivity contribution is 0.103. The lowest BCUT2D eigenvalue weighted by Crippen LogP contribution is -2.14. The molecule has 0 saturated heterocycles. The smallest absolute Gasteiger partial charge is 0.209 e. The van der Waals surface area contributed by atoms with Crippen molar-refractivity contribution in [2.24, 2.45) is 4.99 Å². The fraction of sp³-hybridized carbons (Fsp3) is 0.286. The number of aromatic nitrogens is 1. The SMILES string of the molecule is CCc1ccc(C(=O)c2ccc(C(C3=NCC=C3)c3ccc(C(C)(C)C)cc3)[nH]2)cc1. The molecule has 4 rings (SSSR count). The van der Waals surface area contributed by atoms with Gasteiger partial charge < -0.3 is 4.98 Å². The zero-order chi connectivity index (χ0) is 22.0. The summed E-state index contributed by atoms with van der Waals surface area (Å²) in [5.41, 5.74) is 7.14. The predicted molar refractivity (Wildman–Crippen MR) is 128 cm³/mol. The summed E-state index contributed by atoms with van der Waals surface area (Å²) >= 11 is 0. The van der Waals surface area contributed by atoms with E-state index >= 15 is 0 Å². The Labute approximate surface area is 184 Å². The second-order valence-corrected chi connectivity index (χ2v) is 9.18. The maximum Gasteiger partial charge on any atom is 0.209 e. The molecule has 1 atom stereocenters. The Hall–Kier alpha value is -3.20. The molecule has 0 bridgehead atoms. The van der Waals surface area contributed by atoms with E-state index in [-0.39, 0.29) is 17.1 Å². The average molecular weight is 411 g/mol. The van der Waals surface area contributed by atoms with E-state index in [2.05, 4.69) is 69.1 Å². The molecule has 1 aromatic heterocycles. The summed E-state index contributed by atoms with van der Waals surface area (Å²) < 4.78 is 0. The van der Waals surface area contributed by atoms with E-state index in [4.69, 9.17) is 4.99 Å². The lowest BCUT2D eigenvalue weighted by Gasteiger charge is -2.21. The van der Waals surface area contributed by atoms with Crippen LogP contribution < -0.4 is 0 Å². The first-order valence-electron chi connectivity index (χ1n) is 11.0. The summed E-state index contributed by atoms with van der Waals surface area (Å²) in [5, 5.41) is 0. The molecule has 1 unspecified atom stereocenters. The van der Waals surface area contributed by atoms with E-state index in [1.807, 2.05) is 36.4 Å². The highest BCUT2D eigenvalue weighted by Gasteiger charge is 2.24. The first-order chi connectivity index (χ1) is 14.9. The molecular weight excluding hydrogens is 380 g/mol. The molecule has 0 fully saturated rings. The van der Waals surface area contributed by atoms with Gasteiger partial charge >= 0.3 is 0 Å². The van der Waals surface area contributed by atoms with Gasteiger partial charge in [-0.1, -0.05) is 82.3 Å². The number of nitrogens with zero attached hydrogens (tertiary/aromatic N) is 1. The van der Waals surface area contributed by atoms with Crippen molar-refractivity contribution in [2.45, 2.75) is 45.4 Å². The van der Waals surface area contributed by atoms with Gasteiger partial charge in [-0.3, -0.25) is 9.79 Å². The molecular formula is C28H30N2O. The fourth-order valence-electron chi connectivity index (χ4n) is 4.02. The monoisotopic (exact) mass is 410 g/mol. The number of H-pyrrole nitrogens is 1. The highest BCUT2D eigenvalue weighted by molar-refractivity contribution is 6.08. The van der Waals surface area contributed by atoms with E-state index in [1.165, 1.54) is 16.7 Å². The first-order valence-corrected chi connectivity index (χ1v) is 11.0. The quantitative estimate of drug-likeness (QED) is 0.480. The third kappa shape index (κ3) is 4.46. The zero-order valence-electron chi connectivity index (χ0n) is 18.8. The third-order valence-corrected chi connectivity index (χ3v) is 5.96. The Morgan fingerprint density at radius 2 is 1.71 bits per heavy atom. The van der Waals surface area contributed by atoms with Gasteiger partial charge in [0.05, 0.1) is 18.2 Å². The van der Waals surface area contributed by atoms with Crippen molar-refractivity contribution in [3.8, 4) is 0 Å². The van der Waals surface area contributed by atoms with E-state index in [0.29, 0.717) is 17.8 Å². The van der Waals surface area contributed by atoms with Gasteiger partial charge in [-0.15, -0.1) is 0 Å². The van der Waals surface area contributed by atoms with Gasteiger partial charge in [0.15, 0.2) is 0 Å². The average Bonchev–Trinajstić information content (AvgIpc) is 3.46. The molecule has 1 aliphatic heterocycles. The van der Waals surface area contributed by atoms with Crippen LogP contribution in [0.5, 0.6) is 0 Å². The second kappa shape index (κ2) is 8.50. The maximum absolute atomic E-state index is 13.0. The summed E-state index contributed by atoms with van der Waals surface area (Å²) in [4.78, 5) is 21.1. The summed E-state index contributed by atoms with van der Waals surface area (Å²) in [6, 6.07) is 20.5. The minimum Gasteiger partial charge on any atom is -0.355 e. The molecule has 0 aliphatic carbocycles. The Morgan fingerprint density at radius 1 is 1.00 bits per heavy atom. The zero-order valence-corrected chi connectivity index (χ0v) is 18.8. The van der Waals surface area contributed by atoms with Crippen LogP contribution in [0, 0.1) is 0 Å². The molecule has 2 heterocycles. The van der Waals surface area contributed by atoms with Crippen LogP contribution in [-0.4, -0.2) is 23.0 Å². The topological polar surface area (TPSA) is 45.2 Å². The molecule has 3 nitrogen and oxygen atoms in total. The Morgan fingerprint density at radius 3 is 2.29 bits per heavy atom. The number of aliphatic imine (C=N–C) groups is 1. The van der Waals surface area contributed by atoms with Gasteiger partial charge in [0.2, 0.25) is 5.78 Å². The fourth-order valence-corrected chi connectivity index (χ4v) is 4.02. The van der Waals surface area contributed by atoms with Gasteiger partial charge in [-0.25, -0.2) is 0 Å². The van der Waals surface area contributed by atoms with Crippen molar-refractivity contribution in [3.63, 3.8) is 0 Å². The molecule has 0 spiro atoms. The molecule has 31 heavy (non-hydrogen) atoms. The molecule has 1 N–H and O–H groups in total. The van der Waals surface area contributed by atoms with Crippen molar-refractivity contribution in [3.05, 3.63) is 106 Å². The maximum atomic E-state index is 13.0. The van der Waals surface area contributed by atoms with E-state index < -0.39 is 0 Å². The number of hydrogen-bond donors (Lipinski definition) is 1. The van der Waals surface area contributed by atoms with Crippen LogP contribution in [0.15, 0.2) is 77.8 Å². The summed E-state index contributed by atoms with van der Waals surface area (Å²) in [6.45, 7) is 9.49. The summed E-state index contributed by atoms with van der Waals surface area (Å²) in [6.07, 6.45) is 5.14. The van der Waals surface area contributed by atoms with Gasteiger partial charge in [0.1, 0.15) is 0 Å². The molecule has 2 aromatic carbocycles. The standard InChI is InChI=1S/C28H30N2O/c1-5-19-8-10-21(11-9-19)27(31)25-17-16-24(30-25)26(23-7-6-18-29-23)20-12-14-22(15-13-20)28(2,3)4/h6-17,26,30H,5,18H2,1-4H3. The number of allylic oxidation sites excluding steroid dienone is 1. The molecule has 158 valence electrons. The molecule has 0 radical (unpaired) electrons. The molecule has 3 heteroatoms. The molecule has 1 aliphatic rings. The number of benzene rings is 2. The number of nitrogens with one attached hydrogen (secondary N) is 1. The van der Waals surface area contributed by atoms with Gasteiger partial charge in [0, 0.05) is 17.0 Å². The Balaban J connectivity index is 1.66. The number of carbonyl (C=O) groups is 1. The second-order valence-electron chi connectivity index (χ2n) is 9.18. The molecule has 0 amide bonds. The van der Waals surface area contributed by atoms with Crippen molar-refractivity contribution in [2.75, 3.05) is 6.54 Å². The lowest BCUT2D eigenvalue weighted by atomic mass is 9.84. The van der Waals surface area contributed by atoms with Crippen LogP contribution in [0.25, 0.3) is 0 Å². The van der Waals surface area contributed by atoms with Crippen LogP contribution >= 0.6 is 0 Å². The van der Waals surface area contributed by atoms with Crippen LogP contribution in [0.3, 0.4) is 0 Å². The van der Waals surface area contributed by atoms with Crippen LogP contribution in [0.1, 0.15) is 72.0 Å². The van der Waals surface area contributed by atoms with Gasteiger partial charge in [0.25, 0.3) is 0 Å². The van der Waals surface area contributed by atoms with Gasteiger partial charge in [-0.2, -0.15) is 0 Å². The first kappa shape index (κ1) is 21.0. The Kier molecular flexibility index (Phi) is 5.77. The van der Waals surface area contributed by atoms with Crippen molar-refractivity contribution >= 4 is 11.5 Å². The van der Waals surface area contributed by atoms with E-state index in [9.17, 15) is 4.79 Å². The van der Waals surface area contributed by atoms with Crippen molar-refractivity contribution in [1.82, 2.24) is 4.98 Å².